The van der Waals surface area contributed by atoms with Crippen LogP contribution in [0.3, 0.4) is 0 Å². The van der Waals surface area contributed by atoms with Crippen LogP contribution in [-0.2, 0) is 30.5 Å². The van der Waals surface area contributed by atoms with Gasteiger partial charge in [0.2, 0.25) is 5.95 Å². The number of carbonyl (C=O) groups is 1. The van der Waals surface area contributed by atoms with Crippen LogP contribution in [0.2, 0.25) is 0 Å². The van der Waals surface area contributed by atoms with Gasteiger partial charge in [0.15, 0.2) is 0 Å². The average molecular weight is 535 g/mol. The number of alkyl halides is 3. The van der Waals surface area contributed by atoms with Crippen LogP contribution in [-0.4, -0.2) is 27.1 Å². The van der Waals surface area contributed by atoms with Crippen LogP contribution in [0.5, 0.6) is 0 Å². The number of hydrogen-bond acceptors (Lipinski definition) is 5. The van der Waals surface area contributed by atoms with Crippen molar-refractivity contribution in [3.63, 3.8) is 0 Å². The number of benzene rings is 3. The number of nitrogen functional groups attached to an aromatic ring is 1. The Kier molecular flexibility index (Phi) is 7.10. The Morgan fingerprint density at radius 2 is 1.54 bits per heavy atom. The summed E-state index contributed by atoms with van der Waals surface area (Å²) in [4.78, 5) is 32.4. The highest BCUT2D eigenvalue weighted by atomic mass is 19.4. The van der Waals surface area contributed by atoms with E-state index in [-0.39, 0.29) is 37.6 Å². The molecule has 10 heteroatoms. The van der Waals surface area contributed by atoms with E-state index in [2.05, 4.69) is 4.98 Å². The highest BCUT2D eigenvalue weighted by Gasteiger charge is 2.31. The Labute approximate surface area is 222 Å². The number of fused-ring (bicyclic) bond motifs is 1. The molecule has 2 N–H and O–H groups in total. The molecule has 0 atom stereocenters. The molecule has 3 aromatic carbocycles. The number of aromatic nitrogens is 2. The molecule has 7 nitrogen and oxygen atoms in total. The molecule has 0 radical (unpaired) electrons. The molecule has 5 rings (SSSR count). The molecule has 1 amide bonds. The molecule has 1 aliphatic heterocycles. The van der Waals surface area contributed by atoms with Crippen LogP contribution in [0, 0.1) is 0 Å². The number of ether oxygens (including phenoxy) is 1. The maximum Gasteiger partial charge on any atom is 0.416 e. The molecule has 0 aliphatic carbocycles. The van der Waals surface area contributed by atoms with Crippen LogP contribution in [0.15, 0.2) is 89.7 Å². The van der Waals surface area contributed by atoms with Crippen molar-refractivity contribution in [1.82, 2.24) is 14.5 Å². The molecule has 0 saturated heterocycles. The maximum absolute atomic E-state index is 13.7. The Bertz CT molecular complexity index is 1480. The zero-order chi connectivity index (χ0) is 27.6. The molecular formula is C29H25F3N4O3. The molecule has 1 aliphatic rings. The second-order valence-corrected chi connectivity index (χ2v) is 9.22. The van der Waals surface area contributed by atoms with Crippen LogP contribution in [0.4, 0.5) is 23.9 Å². The second-order valence-electron chi connectivity index (χ2n) is 9.22. The molecule has 4 aromatic rings. The minimum atomic E-state index is -4.44. The van der Waals surface area contributed by atoms with Crippen LogP contribution >= 0.6 is 0 Å². The molecule has 39 heavy (non-hydrogen) atoms. The fourth-order valence-electron chi connectivity index (χ4n) is 4.71. The number of carbonyl (C=O) groups excluding carboxylic acids is 1. The number of amides is 1. The minimum absolute atomic E-state index is 0.0245. The summed E-state index contributed by atoms with van der Waals surface area (Å²) in [5.74, 6) is 0.0245. The van der Waals surface area contributed by atoms with E-state index >= 15 is 0 Å². The monoisotopic (exact) mass is 534 g/mol. The third-order valence-corrected chi connectivity index (χ3v) is 6.68. The molecule has 1 aromatic heterocycles. The smallest absolute Gasteiger partial charge is 0.416 e. The van der Waals surface area contributed by atoms with Crippen LogP contribution in [0.25, 0.3) is 0 Å². The number of nitrogens with two attached hydrogens (primary N) is 1. The maximum atomic E-state index is 13.7. The van der Waals surface area contributed by atoms with Gasteiger partial charge in [0.05, 0.1) is 23.8 Å². The highest BCUT2D eigenvalue weighted by molar-refractivity contribution is 5.68. The van der Waals surface area contributed by atoms with E-state index < -0.39 is 23.9 Å². The van der Waals surface area contributed by atoms with E-state index in [0.29, 0.717) is 16.8 Å². The lowest BCUT2D eigenvalue weighted by atomic mass is 9.97. The normalized spacial score (nSPS) is 13.3. The third-order valence-electron chi connectivity index (χ3n) is 6.68. The first kappa shape index (κ1) is 26.0. The summed E-state index contributed by atoms with van der Waals surface area (Å²) in [7, 11) is 0. The predicted octanol–water partition coefficient (Wildman–Crippen LogP) is 5.18. The van der Waals surface area contributed by atoms with Crippen molar-refractivity contribution in [2.75, 3.05) is 12.3 Å². The van der Waals surface area contributed by atoms with E-state index in [1.165, 1.54) is 21.6 Å². The van der Waals surface area contributed by atoms with Crippen molar-refractivity contribution >= 4 is 12.0 Å². The van der Waals surface area contributed by atoms with Gasteiger partial charge in [0.25, 0.3) is 5.56 Å². The van der Waals surface area contributed by atoms with Crippen molar-refractivity contribution < 1.29 is 22.7 Å². The molecule has 0 spiro atoms. The van der Waals surface area contributed by atoms with Gasteiger partial charge in [0.1, 0.15) is 6.61 Å². The molecular weight excluding hydrogens is 509 g/mol. The van der Waals surface area contributed by atoms with E-state index in [1.54, 1.807) is 0 Å². The molecule has 200 valence electrons. The average Bonchev–Trinajstić information content (AvgIpc) is 2.94. The first-order chi connectivity index (χ1) is 18.7. The van der Waals surface area contributed by atoms with Crippen molar-refractivity contribution in [1.29, 1.82) is 0 Å². The Morgan fingerprint density at radius 1 is 0.949 bits per heavy atom. The number of halogens is 3. The largest absolute Gasteiger partial charge is 0.445 e. The van der Waals surface area contributed by atoms with Gasteiger partial charge < -0.3 is 15.4 Å². The van der Waals surface area contributed by atoms with Gasteiger partial charge in [-0.05, 0) is 35.2 Å². The second kappa shape index (κ2) is 10.6. The van der Waals surface area contributed by atoms with Gasteiger partial charge in [-0.15, -0.1) is 0 Å². The van der Waals surface area contributed by atoms with E-state index in [0.717, 1.165) is 23.3 Å². The summed E-state index contributed by atoms with van der Waals surface area (Å²) in [5.41, 5.74) is 8.36. The van der Waals surface area contributed by atoms with Crippen LogP contribution in [0.1, 0.15) is 39.6 Å². The fourth-order valence-corrected chi connectivity index (χ4v) is 4.71. The lowest BCUT2D eigenvalue weighted by molar-refractivity contribution is -0.137. The van der Waals surface area contributed by atoms with Gasteiger partial charge in [0, 0.05) is 12.1 Å². The zero-order valence-electron chi connectivity index (χ0n) is 20.8. The topological polar surface area (TPSA) is 90.5 Å². The third kappa shape index (κ3) is 5.50. The Morgan fingerprint density at radius 3 is 2.10 bits per heavy atom. The Hall–Kier alpha value is -4.60. The SMILES string of the molecule is Nc1nc2c(c(=O)n1C(c1ccccc1)c1ccccc1)CCN(C(=O)OCc1ccc(C(F)(F)F)cc1)C2. The molecule has 0 fully saturated rings. The van der Waals surface area contributed by atoms with Crippen LogP contribution < -0.4 is 11.3 Å². The summed E-state index contributed by atoms with van der Waals surface area (Å²) in [6.07, 6.45) is -4.84. The molecule has 2 heterocycles. The van der Waals surface area contributed by atoms with E-state index in [4.69, 9.17) is 10.5 Å². The number of nitrogens with zero attached hydrogens (tertiary/aromatic N) is 3. The van der Waals surface area contributed by atoms with E-state index in [9.17, 15) is 22.8 Å². The highest BCUT2D eigenvalue weighted by Crippen LogP contribution is 2.30. The molecule has 0 unspecified atom stereocenters. The summed E-state index contributed by atoms with van der Waals surface area (Å²) >= 11 is 0. The molecule has 0 bridgehead atoms. The standard InChI is InChI=1S/C29H25F3N4O3/c30-29(31,32)22-13-11-19(12-14-22)18-39-28(38)35-16-15-23-24(17-35)34-27(33)36(26(23)37)25(20-7-3-1-4-8-20)21-9-5-2-6-10-21/h1-14,25H,15-18H2,(H2,33,34). The first-order valence-electron chi connectivity index (χ1n) is 12.3. The van der Waals surface area contributed by atoms with Crippen molar-refractivity contribution in [2.24, 2.45) is 0 Å². The molecule has 0 saturated carbocycles. The fraction of sp³-hybridized carbons (Fsp3) is 0.207. The lowest BCUT2D eigenvalue weighted by Gasteiger charge is -2.29. The van der Waals surface area contributed by atoms with Gasteiger partial charge in [-0.3, -0.25) is 9.36 Å². The predicted molar refractivity (Wildman–Crippen MR) is 139 cm³/mol. The van der Waals surface area contributed by atoms with E-state index in [1.807, 2.05) is 60.7 Å². The van der Waals surface area contributed by atoms with Gasteiger partial charge in [-0.1, -0.05) is 72.8 Å². The minimum Gasteiger partial charge on any atom is -0.445 e. The first-order valence-corrected chi connectivity index (χ1v) is 12.3. The van der Waals surface area contributed by atoms with Crippen molar-refractivity contribution in [2.45, 2.75) is 31.8 Å². The van der Waals surface area contributed by atoms with Gasteiger partial charge in [-0.25, -0.2) is 9.78 Å². The van der Waals surface area contributed by atoms with Gasteiger partial charge >= 0.3 is 12.3 Å². The van der Waals surface area contributed by atoms with Crippen molar-refractivity contribution in [3.05, 3.63) is 129 Å². The number of hydrogen-bond donors (Lipinski definition) is 1. The summed E-state index contributed by atoms with van der Waals surface area (Å²) < 4.78 is 45.1. The number of rotatable bonds is 5. The quantitative estimate of drug-likeness (QED) is 0.381. The zero-order valence-corrected chi connectivity index (χ0v) is 20.8. The number of anilines is 1. The summed E-state index contributed by atoms with van der Waals surface area (Å²) in [6.45, 7) is 0.0666. The summed E-state index contributed by atoms with van der Waals surface area (Å²) in [5, 5.41) is 0. The lowest BCUT2D eigenvalue weighted by Crippen LogP contribution is -2.42. The Balaban J connectivity index is 1.36. The van der Waals surface area contributed by atoms with Crippen molar-refractivity contribution in [3.8, 4) is 0 Å². The summed E-state index contributed by atoms with van der Waals surface area (Å²) in [6, 6.07) is 23.0. The van der Waals surface area contributed by atoms with Gasteiger partial charge in [-0.2, -0.15) is 13.2 Å².